The predicted octanol–water partition coefficient (Wildman–Crippen LogP) is 0.664. The molecular weight excluding hydrogens is 260 g/mol. The number of aliphatic carboxylic acids is 1. The summed E-state index contributed by atoms with van der Waals surface area (Å²) in [6, 6.07) is -0.850. The Morgan fingerprint density at radius 3 is 2.75 bits per heavy atom. The Hall–Kier alpha value is -1.40. The number of nitrogens with two attached hydrogens (primary N) is 1. The maximum absolute atomic E-state index is 11.3. The second kappa shape index (κ2) is 7.40. The monoisotopic (exact) mass is 284 g/mol. The minimum atomic E-state index is -0.987. The zero-order valence-corrected chi connectivity index (χ0v) is 12.3. The summed E-state index contributed by atoms with van der Waals surface area (Å²) in [4.78, 5) is 22.4. The molecule has 0 aliphatic heterocycles. The first kappa shape index (κ1) is 16.7. The molecule has 0 bridgehead atoms. The summed E-state index contributed by atoms with van der Waals surface area (Å²) in [5.74, 6) is -0.818. The SMILES string of the molecule is CCC(C)CO[C@@H]1C=C(C(=O)O)C[C@H](N)[C@H]1NC(C)=O. The van der Waals surface area contributed by atoms with Crippen molar-refractivity contribution in [1.82, 2.24) is 5.32 Å². The molecule has 0 heterocycles. The van der Waals surface area contributed by atoms with E-state index in [9.17, 15) is 9.59 Å². The van der Waals surface area contributed by atoms with Crippen LogP contribution in [0.3, 0.4) is 0 Å². The van der Waals surface area contributed by atoms with Gasteiger partial charge in [-0.1, -0.05) is 20.3 Å². The van der Waals surface area contributed by atoms with Crippen molar-refractivity contribution in [1.29, 1.82) is 0 Å². The molecule has 4 atom stereocenters. The first-order valence-corrected chi connectivity index (χ1v) is 6.93. The maximum Gasteiger partial charge on any atom is 0.331 e. The lowest BCUT2D eigenvalue weighted by atomic mass is 9.88. The normalized spacial score (nSPS) is 27.6. The van der Waals surface area contributed by atoms with Crippen LogP contribution in [0.25, 0.3) is 0 Å². The second-order valence-corrected chi connectivity index (χ2v) is 5.40. The molecule has 1 rings (SSSR count). The molecule has 0 spiro atoms. The van der Waals surface area contributed by atoms with Gasteiger partial charge < -0.3 is 20.9 Å². The van der Waals surface area contributed by atoms with Gasteiger partial charge in [0, 0.05) is 18.5 Å². The van der Waals surface area contributed by atoms with E-state index in [1.54, 1.807) is 6.08 Å². The number of hydrogen-bond acceptors (Lipinski definition) is 4. The highest BCUT2D eigenvalue weighted by Crippen LogP contribution is 2.21. The van der Waals surface area contributed by atoms with Gasteiger partial charge in [-0.25, -0.2) is 4.79 Å². The van der Waals surface area contributed by atoms with Gasteiger partial charge in [-0.05, 0) is 18.4 Å². The Kier molecular flexibility index (Phi) is 6.16. The Morgan fingerprint density at radius 1 is 1.60 bits per heavy atom. The van der Waals surface area contributed by atoms with Crippen molar-refractivity contribution in [3.8, 4) is 0 Å². The third-order valence-electron chi connectivity index (χ3n) is 3.55. The molecule has 0 saturated heterocycles. The number of carboxylic acid groups (broad SMARTS) is 1. The zero-order valence-electron chi connectivity index (χ0n) is 12.3. The van der Waals surface area contributed by atoms with Crippen LogP contribution in [0, 0.1) is 5.92 Å². The molecule has 0 saturated carbocycles. The third-order valence-corrected chi connectivity index (χ3v) is 3.55. The molecule has 6 heteroatoms. The van der Waals surface area contributed by atoms with Gasteiger partial charge in [0.15, 0.2) is 0 Å². The Balaban J connectivity index is 2.85. The van der Waals surface area contributed by atoms with Crippen LogP contribution in [0.1, 0.15) is 33.6 Å². The maximum atomic E-state index is 11.3. The molecular formula is C14H24N2O4. The van der Waals surface area contributed by atoms with Gasteiger partial charge in [0.1, 0.15) is 0 Å². The fraction of sp³-hybridized carbons (Fsp3) is 0.714. The van der Waals surface area contributed by atoms with Crippen molar-refractivity contribution >= 4 is 11.9 Å². The quantitative estimate of drug-likeness (QED) is 0.665. The molecule has 1 unspecified atom stereocenters. The summed E-state index contributed by atoms with van der Waals surface area (Å²) in [6.45, 7) is 6.03. The van der Waals surface area contributed by atoms with Crippen LogP contribution < -0.4 is 11.1 Å². The molecule has 1 aliphatic rings. The lowest BCUT2D eigenvalue weighted by molar-refractivity contribution is -0.133. The number of rotatable bonds is 6. The van der Waals surface area contributed by atoms with Gasteiger partial charge in [-0.3, -0.25) is 4.79 Å². The van der Waals surface area contributed by atoms with E-state index in [1.165, 1.54) is 6.92 Å². The minimum absolute atomic E-state index is 0.199. The van der Waals surface area contributed by atoms with E-state index in [2.05, 4.69) is 19.2 Å². The van der Waals surface area contributed by atoms with Crippen LogP contribution in [-0.4, -0.2) is 41.8 Å². The number of carboxylic acids is 1. The van der Waals surface area contributed by atoms with E-state index in [4.69, 9.17) is 15.6 Å². The number of carbonyl (C=O) groups excluding carboxylic acids is 1. The Bertz CT molecular complexity index is 395. The summed E-state index contributed by atoms with van der Waals surface area (Å²) >= 11 is 0. The van der Waals surface area contributed by atoms with Crippen LogP contribution in [0.2, 0.25) is 0 Å². The fourth-order valence-electron chi connectivity index (χ4n) is 2.12. The molecule has 0 aromatic rings. The summed E-state index contributed by atoms with van der Waals surface area (Å²) in [5, 5.41) is 11.9. The Morgan fingerprint density at radius 2 is 2.25 bits per heavy atom. The van der Waals surface area contributed by atoms with Crippen molar-refractivity contribution in [2.75, 3.05) is 6.61 Å². The Labute approximate surface area is 119 Å². The first-order valence-electron chi connectivity index (χ1n) is 6.93. The molecule has 114 valence electrons. The number of ether oxygens (including phenoxy) is 1. The van der Waals surface area contributed by atoms with Crippen LogP contribution >= 0.6 is 0 Å². The highest BCUT2D eigenvalue weighted by molar-refractivity contribution is 5.87. The molecule has 0 aromatic heterocycles. The van der Waals surface area contributed by atoms with Gasteiger partial charge in [0.2, 0.25) is 5.91 Å². The highest BCUT2D eigenvalue weighted by atomic mass is 16.5. The van der Waals surface area contributed by atoms with Gasteiger partial charge in [0.25, 0.3) is 0 Å². The predicted molar refractivity (Wildman–Crippen MR) is 75.1 cm³/mol. The lowest BCUT2D eigenvalue weighted by Crippen LogP contribution is -2.56. The van der Waals surface area contributed by atoms with E-state index in [0.29, 0.717) is 12.5 Å². The third kappa shape index (κ3) is 4.61. The molecule has 0 fully saturated rings. The molecule has 1 amide bonds. The summed E-state index contributed by atoms with van der Waals surface area (Å²) in [7, 11) is 0. The van der Waals surface area contributed by atoms with Crippen molar-refractivity contribution < 1.29 is 19.4 Å². The zero-order chi connectivity index (χ0) is 15.3. The smallest absolute Gasteiger partial charge is 0.331 e. The van der Waals surface area contributed by atoms with Crippen molar-refractivity contribution in [2.45, 2.75) is 51.8 Å². The molecule has 6 nitrogen and oxygen atoms in total. The van der Waals surface area contributed by atoms with Crippen LogP contribution in [0.5, 0.6) is 0 Å². The summed E-state index contributed by atoms with van der Waals surface area (Å²) in [6.07, 6.45) is 2.26. The van der Waals surface area contributed by atoms with Crippen LogP contribution in [-0.2, 0) is 14.3 Å². The average molecular weight is 284 g/mol. The van der Waals surface area contributed by atoms with E-state index in [1.807, 2.05) is 0 Å². The highest BCUT2D eigenvalue weighted by Gasteiger charge is 2.34. The molecule has 0 aromatic carbocycles. The van der Waals surface area contributed by atoms with E-state index in [0.717, 1.165) is 6.42 Å². The topological polar surface area (TPSA) is 102 Å². The number of hydrogen-bond donors (Lipinski definition) is 3. The molecule has 20 heavy (non-hydrogen) atoms. The largest absolute Gasteiger partial charge is 0.478 e. The number of carbonyl (C=O) groups is 2. The van der Waals surface area contributed by atoms with Crippen LogP contribution in [0.15, 0.2) is 11.6 Å². The van der Waals surface area contributed by atoms with Gasteiger partial charge in [0.05, 0.1) is 18.8 Å². The van der Waals surface area contributed by atoms with E-state index in [-0.39, 0.29) is 23.9 Å². The number of amides is 1. The van der Waals surface area contributed by atoms with Gasteiger partial charge >= 0.3 is 5.97 Å². The average Bonchev–Trinajstić information content (AvgIpc) is 2.38. The lowest BCUT2D eigenvalue weighted by Gasteiger charge is -2.35. The van der Waals surface area contributed by atoms with Crippen LogP contribution in [0.4, 0.5) is 0 Å². The van der Waals surface area contributed by atoms with Gasteiger partial charge in [-0.15, -0.1) is 0 Å². The summed E-state index contributed by atoms with van der Waals surface area (Å²) < 4.78 is 5.77. The fourth-order valence-corrected chi connectivity index (χ4v) is 2.12. The van der Waals surface area contributed by atoms with Crippen molar-refractivity contribution in [3.63, 3.8) is 0 Å². The van der Waals surface area contributed by atoms with E-state index >= 15 is 0 Å². The van der Waals surface area contributed by atoms with Gasteiger partial charge in [-0.2, -0.15) is 0 Å². The van der Waals surface area contributed by atoms with E-state index < -0.39 is 18.1 Å². The summed E-state index contributed by atoms with van der Waals surface area (Å²) in [5.41, 5.74) is 6.23. The number of nitrogens with one attached hydrogen (secondary N) is 1. The second-order valence-electron chi connectivity index (χ2n) is 5.40. The van der Waals surface area contributed by atoms with Crippen molar-refractivity contribution in [3.05, 3.63) is 11.6 Å². The molecule has 4 N–H and O–H groups in total. The standard InChI is InChI=1S/C14H24N2O4/c1-4-8(2)7-20-12-6-10(14(18)19)5-11(15)13(12)16-9(3)17/h6,8,11-13H,4-5,7,15H2,1-3H3,(H,16,17)(H,18,19)/t8?,11-,12+,13+/m0/s1. The minimum Gasteiger partial charge on any atom is -0.478 e. The first-order chi connectivity index (χ1) is 9.35. The molecule has 1 aliphatic carbocycles. The van der Waals surface area contributed by atoms with Crippen molar-refractivity contribution in [2.24, 2.45) is 11.7 Å². The molecule has 0 radical (unpaired) electrons.